The van der Waals surface area contributed by atoms with E-state index in [0.29, 0.717) is 0 Å². The topological polar surface area (TPSA) is 79.9 Å². The summed E-state index contributed by atoms with van der Waals surface area (Å²) in [6.45, 7) is 5.68. The van der Waals surface area contributed by atoms with Gasteiger partial charge in [0.15, 0.2) is 12.3 Å². The molecular formula is C14H16N4O2. The van der Waals surface area contributed by atoms with E-state index in [1.165, 1.54) is 0 Å². The highest BCUT2D eigenvalue weighted by atomic mass is 16.5. The smallest absolute Gasteiger partial charge is 0.408 e. The maximum absolute atomic E-state index is 11.4. The van der Waals surface area contributed by atoms with Gasteiger partial charge in [0.2, 0.25) is 0 Å². The van der Waals surface area contributed by atoms with Crippen molar-refractivity contribution in [2.75, 3.05) is 6.61 Å². The molecule has 0 saturated carbocycles. The Bertz CT molecular complexity index is 674. The maximum atomic E-state index is 11.4. The van der Waals surface area contributed by atoms with E-state index in [0.717, 1.165) is 16.6 Å². The van der Waals surface area contributed by atoms with Crippen LogP contribution in [-0.2, 0) is 4.74 Å². The van der Waals surface area contributed by atoms with Crippen LogP contribution in [0.4, 0.5) is 4.79 Å². The molecule has 0 fully saturated rings. The lowest BCUT2D eigenvalue weighted by molar-refractivity contribution is 0.151. The molecule has 2 rings (SSSR count). The molecule has 0 aliphatic heterocycles. The number of nitrogens with one attached hydrogen (secondary N) is 2. The van der Waals surface area contributed by atoms with Gasteiger partial charge >= 0.3 is 6.09 Å². The summed E-state index contributed by atoms with van der Waals surface area (Å²) < 4.78 is 4.95. The molecule has 1 amide bonds. The Morgan fingerprint density at radius 2 is 2.25 bits per heavy atom. The van der Waals surface area contributed by atoms with Crippen molar-refractivity contribution in [1.82, 2.24) is 20.5 Å². The summed E-state index contributed by atoms with van der Waals surface area (Å²) in [6.07, 6.45) is 2.85. The third-order valence-corrected chi connectivity index (χ3v) is 2.28. The molecule has 0 spiro atoms. The zero-order valence-electron chi connectivity index (χ0n) is 11.7. The number of carbonyl (C=O) groups is 1. The van der Waals surface area contributed by atoms with Crippen LogP contribution in [0.1, 0.15) is 26.3 Å². The van der Waals surface area contributed by atoms with Gasteiger partial charge in [0.1, 0.15) is 0 Å². The fourth-order valence-electron chi connectivity index (χ4n) is 1.49. The van der Waals surface area contributed by atoms with Crippen molar-refractivity contribution in [3.63, 3.8) is 0 Å². The Kier molecular flexibility index (Phi) is 3.89. The van der Waals surface area contributed by atoms with Gasteiger partial charge in [0, 0.05) is 22.7 Å². The first-order valence-electron chi connectivity index (χ1n) is 6.17. The summed E-state index contributed by atoms with van der Waals surface area (Å²) in [4.78, 5) is 15.5. The van der Waals surface area contributed by atoms with Crippen molar-refractivity contribution in [3.05, 3.63) is 24.0 Å². The molecular weight excluding hydrogens is 256 g/mol. The van der Waals surface area contributed by atoms with Crippen molar-refractivity contribution in [3.8, 4) is 11.8 Å². The summed E-state index contributed by atoms with van der Waals surface area (Å²) >= 11 is 0. The van der Waals surface area contributed by atoms with Crippen LogP contribution in [0.15, 0.2) is 18.5 Å². The lowest BCUT2D eigenvalue weighted by Gasteiger charge is -2.19. The number of ether oxygens (including phenoxy) is 1. The normalized spacial score (nSPS) is 10.8. The number of aromatic amines is 1. The minimum Gasteiger partial charge on any atom is -0.436 e. The van der Waals surface area contributed by atoms with Crippen LogP contribution < -0.4 is 5.32 Å². The Morgan fingerprint density at radius 3 is 3.00 bits per heavy atom. The number of H-pyrrole nitrogens is 1. The first-order valence-corrected chi connectivity index (χ1v) is 6.17. The summed E-state index contributed by atoms with van der Waals surface area (Å²) in [5, 5.41) is 10.2. The number of amides is 1. The zero-order valence-corrected chi connectivity index (χ0v) is 11.7. The molecule has 2 aromatic heterocycles. The largest absolute Gasteiger partial charge is 0.436 e. The van der Waals surface area contributed by atoms with Crippen molar-refractivity contribution < 1.29 is 9.53 Å². The summed E-state index contributed by atoms with van der Waals surface area (Å²) in [7, 11) is 0. The van der Waals surface area contributed by atoms with Crippen LogP contribution >= 0.6 is 0 Å². The number of hydrogen-bond acceptors (Lipinski definition) is 4. The molecule has 104 valence electrons. The summed E-state index contributed by atoms with van der Waals surface area (Å²) in [5.74, 6) is 5.66. The fourth-order valence-corrected chi connectivity index (χ4v) is 1.49. The number of carbonyl (C=O) groups excluding carboxylic acids is 1. The van der Waals surface area contributed by atoms with Crippen LogP contribution in [0.3, 0.4) is 0 Å². The molecule has 0 aliphatic rings. The lowest BCUT2D eigenvalue weighted by atomic mass is 10.1. The van der Waals surface area contributed by atoms with Gasteiger partial charge in [0.05, 0.1) is 6.20 Å². The number of nitrogens with zero attached hydrogens (tertiary/aromatic N) is 2. The second-order valence-corrected chi connectivity index (χ2v) is 5.28. The average molecular weight is 272 g/mol. The van der Waals surface area contributed by atoms with Gasteiger partial charge in [-0.3, -0.25) is 5.10 Å². The third kappa shape index (κ3) is 3.99. The minimum atomic E-state index is -0.477. The first kappa shape index (κ1) is 13.9. The van der Waals surface area contributed by atoms with Crippen molar-refractivity contribution >= 4 is 17.1 Å². The van der Waals surface area contributed by atoms with Gasteiger partial charge in [0.25, 0.3) is 0 Å². The van der Waals surface area contributed by atoms with Gasteiger partial charge < -0.3 is 10.1 Å². The van der Waals surface area contributed by atoms with Gasteiger partial charge in [-0.1, -0.05) is 11.8 Å². The molecule has 2 heterocycles. The van der Waals surface area contributed by atoms with Crippen LogP contribution in [0.5, 0.6) is 0 Å². The van der Waals surface area contributed by atoms with Gasteiger partial charge in [-0.25, -0.2) is 9.78 Å². The van der Waals surface area contributed by atoms with Crippen LogP contribution in [0.25, 0.3) is 11.0 Å². The van der Waals surface area contributed by atoms with E-state index in [4.69, 9.17) is 4.74 Å². The molecule has 6 heteroatoms. The molecule has 0 saturated heterocycles. The van der Waals surface area contributed by atoms with E-state index in [-0.39, 0.29) is 12.1 Å². The minimum absolute atomic E-state index is 0.0331. The fraction of sp³-hybridized carbons (Fsp3) is 0.357. The van der Waals surface area contributed by atoms with Crippen LogP contribution in [0.2, 0.25) is 0 Å². The van der Waals surface area contributed by atoms with Gasteiger partial charge in [-0.2, -0.15) is 5.10 Å². The first-order chi connectivity index (χ1) is 9.44. The zero-order chi connectivity index (χ0) is 14.6. The molecule has 2 aromatic rings. The number of fused-ring (bicyclic) bond motifs is 1. The number of hydrogen-bond donors (Lipinski definition) is 2. The highest BCUT2D eigenvalue weighted by Crippen LogP contribution is 2.08. The van der Waals surface area contributed by atoms with Crippen molar-refractivity contribution in [2.24, 2.45) is 0 Å². The third-order valence-electron chi connectivity index (χ3n) is 2.28. The average Bonchev–Trinajstić information content (AvgIpc) is 2.79. The van der Waals surface area contributed by atoms with E-state index in [1.54, 1.807) is 12.4 Å². The molecule has 0 bridgehead atoms. The van der Waals surface area contributed by atoms with Crippen LogP contribution in [-0.4, -0.2) is 33.4 Å². The monoisotopic (exact) mass is 272 g/mol. The van der Waals surface area contributed by atoms with Crippen molar-refractivity contribution in [1.29, 1.82) is 0 Å². The second-order valence-electron chi connectivity index (χ2n) is 5.28. The molecule has 2 N–H and O–H groups in total. The molecule has 0 aromatic carbocycles. The number of rotatable bonds is 1. The molecule has 0 radical (unpaired) electrons. The van der Waals surface area contributed by atoms with E-state index < -0.39 is 6.09 Å². The van der Waals surface area contributed by atoms with Crippen LogP contribution in [0, 0.1) is 11.8 Å². The molecule has 0 aliphatic carbocycles. The molecule has 0 unspecified atom stereocenters. The van der Waals surface area contributed by atoms with E-state index in [1.807, 2.05) is 26.8 Å². The predicted molar refractivity (Wildman–Crippen MR) is 75.0 cm³/mol. The predicted octanol–water partition coefficient (Wildman–Crippen LogP) is 1.83. The van der Waals surface area contributed by atoms with E-state index >= 15 is 0 Å². The highest BCUT2D eigenvalue weighted by molar-refractivity contribution is 5.75. The second kappa shape index (κ2) is 5.61. The SMILES string of the molecule is CC(C)(C)NC(=O)OCC#Cc1cnc2[nH]ncc2c1. The molecule has 20 heavy (non-hydrogen) atoms. The lowest BCUT2D eigenvalue weighted by Crippen LogP contribution is -2.40. The summed E-state index contributed by atoms with van der Waals surface area (Å²) in [6, 6.07) is 1.87. The highest BCUT2D eigenvalue weighted by Gasteiger charge is 2.13. The van der Waals surface area contributed by atoms with Gasteiger partial charge in [-0.15, -0.1) is 0 Å². The van der Waals surface area contributed by atoms with E-state index in [9.17, 15) is 4.79 Å². The van der Waals surface area contributed by atoms with Crippen molar-refractivity contribution in [2.45, 2.75) is 26.3 Å². The number of pyridine rings is 1. The van der Waals surface area contributed by atoms with Gasteiger partial charge in [-0.05, 0) is 26.8 Å². The Hall–Kier alpha value is -2.55. The molecule has 0 atom stereocenters. The maximum Gasteiger partial charge on any atom is 0.408 e. The Labute approximate surface area is 116 Å². The number of aromatic nitrogens is 3. The molecule has 6 nitrogen and oxygen atoms in total. The Balaban J connectivity index is 1.89. The Morgan fingerprint density at radius 1 is 1.45 bits per heavy atom. The number of alkyl carbamates (subject to hydrolysis) is 1. The summed E-state index contributed by atoms with van der Waals surface area (Å²) in [5.41, 5.74) is 1.15. The van der Waals surface area contributed by atoms with E-state index in [2.05, 4.69) is 32.3 Å². The quantitative estimate of drug-likeness (QED) is 0.776. The standard InChI is InChI=1S/C14H16N4O2/c1-14(2,3)17-13(19)20-6-4-5-10-7-11-9-16-18-12(11)15-8-10/h7-9H,6H2,1-3H3,(H,17,19)(H,15,16,18).